The molecule has 0 saturated heterocycles. The number of hydrogen-bond donors (Lipinski definition) is 0. The first-order valence-electron chi connectivity index (χ1n) is 9.14. The predicted octanol–water partition coefficient (Wildman–Crippen LogP) is 4.06. The van der Waals surface area contributed by atoms with E-state index in [1.807, 2.05) is 72.8 Å². The van der Waals surface area contributed by atoms with Crippen LogP contribution in [-0.4, -0.2) is 9.13 Å². The van der Waals surface area contributed by atoms with Crippen LogP contribution < -0.4 is 11.2 Å². The van der Waals surface area contributed by atoms with Gasteiger partial charge in [-0.2, -0.15) is 0 Å². The molecule has 4 nitrogen and oxygen atoms in total. The van der Waals surface area contributed by atoms with E-state index in [0.29, 0.717) is 30.4 Å². The van der Waals surface area contributed by atoms with Gasteiger partial charge in [-0.05, 0) is 64.4 Å². The van der Waals surface area contributed by atoms with Gasteiger partial charge >= 0.3 is 5.69 Å². The zero-order chi connectivity index (χ0) is 19.5. The number of aromatic nitrogens is 2. The van der Waals surface area contributed by atoms with Crippen LogP contribution in [0.15, 0.2) is 88.5 Å². The standard InChI is InChI=1S/C23H19IN2O2/c24-19-12-10-18(11-13-19)16-26-21-9-5-4-8-20(21)22(27)25(23(26)28)15-14-17-6-2-1-3-7-17/h1-13H,14-16H2. The molecule has 0 atom stereocenters. The largest absolute Gasteiger partial charge is 0.331 e. The molecule has 0 fully saturated rings. The van der Waals surface area contributed by atoms with Gasteiger partial charge in [-0.3, -0.25) is 13.9 Å². The summed E-state index contributed by atoms with van der Waals surface area (Å²) in [6, 6.07) is 25.3. The Morgan fingerprint density at radius 2 is 1.39 bits per heavy atom. The maximum atomic E-state index is 13.2. The van der Waals surface area contributed by atoms with Gasteiger partial charge in [0.15, 0.2) is 0 Å². The van der Waals surface area contributed by atoms with Crippen LogP contribution >= 0.6 is 22.6 Å². The van der Waals surface area contributed by atoms with Crippen molar-refractivity contribution in [3.63, 3.8) is 0 Å². The van der Waals surface area contributed by atoms with Crippen LogP contribution in [0.1, 0.15) is 11.1 Å². The average molecular weight is 482 g/mol. The maximum Gasteiger partial charge on any atom is 0.331 e. The van der Waals surface area contributed by atoms with Gasteiger partial charge in [0.25, 0.3) is 5.56 Å². The van der Waals surface area contributed by atoms with E-state index in [1.165, 1.54) is 4.57 Å². The molecule has 140 valence electrons. The lowest BCUT2D eigenvalue weighted by Crippen LogP contribution is -2.40. The molecule has 4 rings (SSSR count). The molecular formula is C23H19IN2O2. The highest BCUT2D eigenvalue weighted by molar-refractivity contribution is 14.1. The molecule has 0 radical (unpaired) electrons. The zero-order valence-electron chi connectivity index (χ0n) is 15.2. The Kier molecular flexibility index (Phi) is 5.43. The first-order chi connectivity index (χ1) is 13.6. The fourth-order valence-electron chi connectivity index (χ4n) is 3.38. The Bertz CT molecular complexity index is 1230. The minimum atomic E-state index is -0.266. The Labute approximate surface area is 176 Å². The third-order valence-electron chi connectivity index (χ3n) is 4.85. The third-order valence-corrected chi connectivity index (χ3v) is 5.57. The lowest BCUT2D eigenvalue weighted by atomic mass is 10.1. The molecule has 3 aromatic carbocycles. The van der Waals surface area contributed by atoms with Crippen LogP contribution in [-0.2, 0) is 19.5 Å². The van der Waals surface area contributed by atoms with Crippen LogP contribution in [0.2, 0.25) is 0 Å². The van der Waals surface area contributed by atoms with Gasteiger partial charge in [0.05, 0.1) is 17.4 Å². The lowest BCUT2D eigenvalue weighted by molar-refractivity contribution is 0.590. The quantitative estimate of drug-likeness (QED) is 0.403. The summed E-state index contributed by atoms with van der Waals surface area (Å²) in [5.41, 5.74) is 2.31. The van der Waals surface area contributed by atoms with Crippen LogP contribution in [0.25, 0.3) is 10.9 Å². The van der Waals surface area contributed by atoms with Crippen LogP contribution in [0.5, 0.6) is 0 Å². The fraction of sp³-hybridized carbons (Fsp3) is 0.130. The number of para-hydroxylation sites is 1. The first kappa shape index (κ1) is 18.7. The van der Waals surface area contributed by atoms with Crippen molar-refractivity contribution in [1.82, 2.24) is 9.13 Å². The molecule has 1 heterocycles. The van der Waals surface area contributed by atoms with E-state index < -0.39 is 0 Å². The first-order valence-corrected chi connectivity index (χ1v) is 10.2. The summed E-state index contributed by atoms with van der Waals surface area (Å²) in [6.45, 7) is 0.793. The number of benzene rings is 3. The Hall–Kier alpha value is -2.67. The molecule has 0 saturated carbocycles. The van der Waals surface area contributed by atoms with E-state index in [4.69, 9.17) is 0 Å². The highest BCUT2D eigenvalue weighted by Gasteiger charge is 2.13. The Morgan fingerprint density at radius 1 is 0.714 bits per heavy atom. The van der Waals surface area contributed by atoms with E-state index >= 15 is 0 Å². The summed E-state index contributed by atoms with van der Waals surface area (Å²) in [4.78, 5) is 26.2. The number of nitrogens with zero attached hydrogens (tertiary/aromatic N) is 2. The van der Waals surface area contributed by atoms with Gasteiger partial charge in [-0.25, -0.2) is 4.79 Å². The number of hydrogen-bond acceptors (Lipinski definition) is 2. The smallest absolute Gasteiger partial charge is 0.289 e. The van der Waals surface area contributed by atoms with Crippen molar-refractivity contribution >= 4 is 33.5 Å². The summed E-state index contributed by atoms with van der Waals surface area (Å²) in [5.74, 6) is 0. The van der Waals surface area contributed by atoms with Gasteiger partial charge < -0.3 is 0 Å². The highest BCUT2D eigenvalue weighted by atomic mass is 127. The summed E-state index contributed by atoms with van der Waals surface area (Å²) < 4.78 is 4.21. The average Bonchev–Trinajstić information content (AvgIpc) is 2.73. The molecule has 1 aromatic heterocycles. The van der Waals surface area contributed by atoms with Gasteiger partial charge in [-0.15, -0.1) is 0 Å². The van der Waals surface area contributed by atoms with Gasteiger partial charge in [0.2, 0.25) is 0 Å². The molecule has 0 bridgehead atoms. The van der Waals surface area contributed by atoms with Crippen LogP contribution in [0.4, 0.5) is 0 Å². The molecule has 5 heteroatoms. The summed E-state index contributed by atoms with van der Waals surface area (Å²) >= 11 is 2.26. The molecule has 0 aliphatic rings. The van der Waals surface area contributed by atoms with Crippen molar-refractivity contribution in [2.45, 2.75) is 19.5 Å². The Morgan fingerprint density at radius 3 is 2.14 bits per heavy atom. The zero-order valence-corrected chi connectivity index (χ0v) is 17.4. The van der Waals surface area contributed by atoms with E-state index in [9.17, 15) is 9.59 Å². The van der Waals surface area contributed by atoms with E-state index in [0.717, 1.165) is 14.7 Å². The van der Waals surface area contributed by atoms with E-state index in [1.54, 1.807) is 10.6 Å². The number of rotatable bonds is 5. The van der Waals surface area contributed by atoms with Crippen molar-refractivity contribution in [3.8, 4) is 0 Å². The maximum absolute atomic E-state index is 13.2. The van der Waals surface area contributed by atoms with Crippen LogP contribution in [0, 0.1) is 3.57 Å². The third kappa shape index (κ3) is 3.80. The second-order valence-corrected chi connectivity index (χ2v) is 7.95. The van der Waals surface area contributed by atoms with Crippen LogP contribution in [0.3, 0.4) is 0 Å². The van der Waals surface area contributed by atoms with Crippen molar-refractivity contribution in [2.24, 2.45) is 0 Å². The SMILES string of the molecule is O=c1c2ccccc2n(Cc2ccc(I)cc2)c(=O)n1CCc1ccccc1. The molecule has 0 aliphatic carbocycles. The van der Waals surface area contributed by atoms with E-state index in [-0.39, 0.29) is 11.2 Å². The monoisotopic (exact) mass is 482 g/mol. The molecule has 28 heavy (non-hydrogen) atoms. The molecule has 0 amide bonds. The molecule has 0 spiro atoms. The minimum Gasteiger partial charge on any atom is -0.289 e. The number of fused-ring (bicyclic) bond motifs is 1. The number of aryl methyl sites for hydroxylation is 1. The van der Waals surface area contributed by atoms with Crippen molar-refractivity contribution in [1.29, 1.82) is 0 Å². The molecule has 0 aliphatic heterocycles. The Balaban J connectivity index is 1.80. The second kappa shape index (κ2) is 8.14. The van der Waals surface area contributed by atoms with E-state index in [2.05, 4.69) is 22.6 Å². The topological polar surface area (TPSA) is 44.0 Å². The predicted molar refractivity (Wildman–Crippen MR) is 121 cm³/mol. The minimum absolute atomic E-state index is 0.226. The normalized spacial score (nSPS) is 11.0. The molecule has 0 N–H and O–H groups in total. The van der Waals surface area contributed by atoms with Crippen molar-refractivity contribution in [2.75, 3.05) is 0 Å². The van der Waals surface area contributed by atoms with Gasteiger partial charge in [-0.1, -0.05) is 54.6 Å². The van der Waals surface area contributed by atoms with Gasteiger partial charge in [0, 0.05) is 10.1 Å². The highest BCUT2D eigenvalue weighted by Crippen LogP contribution is 2.12. The summed E-state index contributed by atoms with van der Waals surface area (Å²) in [5, 5.41) is 0.570. The number of halogens is 1. The van der Waals surface area contributed by atoms with Crippen molar-refractivity contribution < 1.29 is 0 Å². The lowest BCUT2D eigenvalue weighted by Gasteiger charge is -2.14. The summed E-state index contributed by atoms with van der Waals surface area (Å²) in [6.07, 6.45) is 0.637. The fourth-order valence-corrected chi connectivity index (χ4v) is 3.74. The van der Waals surface area contributed by atoms with Crippen molar-refractivity contribution in [3.05, 3.63) is 114 Å². The molecule has 4 aromatic rings. The molecular weight excluding hydrogens is 463 g/mol. The molecule has 0 unspecified atom stereocenters. The summed E-state index contributed by atoms with van der Waals surface area (Å²) in [7, 11) is 0. The van der Waals surface area contributed by atoms with Gasteiger partial charge in [0.1, 0.15) is 0 Å². The second-order valence-electron chi connectivity index (χ2n) is 6.70.